The third kappa shape index (κ3) is 3.52. The molecule has 0 spiro atoms. The van der Waals surface area contributed by atoms with Gasteiger partial charge in [0.1, 0.15) is 6.33 Å². The minimum Gasteiger partial charge on any atom is -0.252 e. The van der Waals surface area contributed by atoms with Gasteiger partial charge in [-0.1, -0.05) is 26.0 Å². The number of aromatic nitrogens is 3. The van der Waals surface area contributed by atoms with Crippen molar-refractivity contribution < 1.29 is 0 Å². The van der Waals surface area contributed by atoms with Gasteiger partial charge >= 0.3 is 0 Å². The molecular formula is C13H16IN3. The predicted molar refractivity (Wildman–Crippen MR) is 77.6 cm³/mol. The molecule has 0 saturated heterocycles. The SMILES string of the molecule is CC(C)CCn1cnc(-c2ccc(I)cc2)n1. The minimum atomic E-state index is 0.695. The lowest BCUT2D eigenvalue weighted by atomic mass is 10.1. The highest BCUT2D eigenvalue weighted by molar-refractivity contribution is 14.1. The number of hydrogen-bond acceptors (Lipinski definition) is 2. The summed E-state index contributed by atoms with van der Waals surface area (Å²) in [5, 5.41) is 4.49. The van der Waals surface area contributed by atoms with Gasteiger partial charge in [0.15, 0.2) is 5.82 Å². The van der Waals surface area contributed by atoms with E-state index in [9.17, 15) is 0 Å². The molecule has 0 aliphatic rings. The Kier molecular flexibility index (Phi) is 4.15. The molecule has 17 heavy (non-hydrogen) atoms. The van der Waals surface area contributed by atoms with Gasteiger partial charge in [-0.25, -0.2) is 4.98 Å². The van der Waals surface area contributed by atoms with Crippen molar-refractivity contribution in [1.82, 2.24) is 14.8 Å². The van der Waals surface area contributed by atoms with Gasteiger partial charge < -0.3 is 0 Å². The Morgan fingerprint density at radius 1 is 1.24 bits per heavy atom. The molecule has 0 amide bonds. The molecule has 4 heteroatoms. The number of halogens is 1. The summed E-state index contributed by atoms with van der Waals surface area (Å²) in [6.45, 7) is 5.38. The quantitative estimate of drug-likeness (QED) is 0.796. The van der Waals surface area contributed by atoms with Crippen molar-refractivity contribution >= 4 is 22.6 Å². The topological polar surface area (TPSA) is 30.7 Å². The van der Waals surface area contributed by atoms with Crippen molar-refractivity contribution in [2.45, 2.75) is 26.8 Å². The first kappa shape index (κ1) is 12.5. The fraction of sp³-hybridized carbons (Fsp3) is 0.385. The fourth-order valence-electron chi connectivity index (χ4n) is 1.52. The second kappa shape index (κ2) is 5.62. The zero-order chi connectivity index (χ0) is 12.3. The average Bonchev–Trinajstić information content (AvgIpc) is 2.76. The van der Waals surface area contributed by atoms with Gasteiger partial charge in [-0.15, -0.1) is 0 Å². The van der Waals surface area contributed by atoms with Gasteiger partial charge in [0.05, 0.1) is 0 Å². The van der Waals surface area contributed by atoms with Crippen LogP contribution in [0.15, 0.2) is 30.6 Å². The normalized spacial score (nSPS) is 11.1. The molecule has 0 aliphatic heterocycles. The highest BCUT2D eigenvalue weighted by atomic mass is 127. The van der Waals surface area contributed by atoms with Crippen molar-refractivity contribution in [1.29, 1.82) is 0 Å². The monoisotopic (exact) mass is 341 g/mol. The van der Waals surface area contributed by atoms with E-state index >= 15 is 0 Å². The maximum atomic E-state index is 4.49. The van der Waals surface area contributed by atoms with Crippen LogP contribution in [0.5, 0.6) is 0 Å². The number of benzene rings is 1. The molecule has 0 unspecified atom stereocenters. The van der Waals surface area contributed by atoms with Crippen molar-refractivity contribution in [2.24, 2.45) is 5.92 Å². The molecule has 0 atom stereocenters. The van der Waals surface area contributed by atoms with E-state index in [2.05, 4.69) is 70.8 Å². The van der Waals surface area contributed by atoms with Crippen LogP contribution in [0.1, 0.15) is 20.3 Å². The second-order valence-corrected chi connectivity index (χ2v) is 5.77. The lowest BCUT2D eigenvalue weighted by Gasteiger charge is -2.03. The molecule has 1 heterocycles. The Morgan fingerprint density at radius 3 is 2.59 bits per heavy atom. The third-order valence-corrected chi connectivity index (χ3v) is 3.29. The molecule has 1 aromatic carbocycles. The summed E-state index contributed by atoms with van der Waals surface area (Å²) in [6, 6.07) is 8.27. The minimum absolute atomic E-state index is 0.695. The molecule has 90 valence electrons. The van der Waals surface area contributed by atoms with Crippen LogP contribution in [-0.4, -0.2) is 14.8 Å². The van der Waals surface area contributed by atoms with Gasteiger partial charge in [0.2, 0.25) is 0 Å². The van der Waals surface area contributed by atoms with E-state index < -0.39 is 0 Å². The van der Waals surface area contributed by atoms with E-state index in [0.29, 0.717) is 5.92 Å². The Hall–Kier alpha value is -0.910. The smallest absolute Gasteiger partial charge is 0.181 e. The molecule has 0 N–H and O–H groups in total. The van der Waals surface area contributed by atoms with E-state index in [1.165, 1.54) is 3.57 Å². The highest BCUT2D eigenvalue weighted by Crippen LogP contribution is 2.16. The summed E-state index contributed by atoms with van der Waals surface area (Å²) in [7, 11) is 0. The number of hydrogen-bond donors (Lipinski definition) is 0. The van der Waals surface area contributed by atoms with Crippen LogP contribution in [0.3, 0.4) is 0 Å². The molecule has 0 fully saturated rings. The van der Waals surface area contributed by atoms with Crippen LogP contribution < -0.4 is 0 Å². The Labute approximate surface area is 115 Å². The molecule has 0 aliphatic carbocycles. The van der Waals surface area contributed by atoms with Gasteiger partial charge in [0, 0.05) is 15.7 Å². The van der Waals surface area contributed by atoms with E-state index in [0.717, 1.165) is 24.4 Å². The molecule has 0 saturated carbocycles. The second-order valence-electron chi connectivity index (χ2n) is 4.52. The predicted octanol–water partition coefficient (Wildman–Crippen LogP) is 3.60. The molecule has 3 nitrogen and oxygen atoms in total. The zero-order valence-corrected chi connectivity index (χ0v) is 12.3. The van der Waals surface area contributed by atoms with Crippen LogP contribution in [0.2, 0.25) is 0 Å². The van der Waals surface area contributed by atoms with Crippen molar-refractivity contribution in [3.63, 3.8) is 0 Å². The van der Waals surface area contributed by atoms with Crippen LogP contribution in [0, 0.1) is 9.49 Å². The summed E-state index contributed by atoms with van der Waals surface area (Å²) in [6.07, 6.45) is 2.95. The van der Waals surface area contributed by atoms with Gasteiger partial charge in [-0.05, 0) is 47.1 Å². The van der Waals surface area contributed by atoms with Crippen LogP contribution in [-0.2, 0) is 6.54 Å². The van der Waals surface area contributed by atoms with Crippen LogP contribution >= 0.6 is 22.6 Å². The third-order valence-electron chi connectivity index (χ3n) is 2.57. The Balaban J connectivity index is 2.10. The summed E-state index contributed by atoms with van der Waals surface area (Å²) in [5.41, 5.74) is 1.08. The first-order valence-corrected chi connectivity index (χ1v) is 6.88. The first-order valence-electron chi connectivity index (χ1n) is 5.80. The largest absolute Gasteiger partial charge is 0.252 e. The Morgan fingerprint density at radius 2 is 1.94 bits per heavy atom. The molecular weight excluding hydrogens is 325 g/mol. The first-order chi connectivity index (χ1) is 8.15. The molecule has 0 radical (unpaired) electrons. The van der Waals surface area contributed by atoms with Crippen molar-refractivity contribution in [2.75, 3.05) is 0 Å². The summed E-state index contributed by atoms with van der Waals surface area (Å²) < 4.78 is 3.15. The van der Waals surface area contributed by atoms with Gasteiger partial charge in [-0.2, -0.15) is 5.10 Å². The molecule has 1 aromatic heterocycles. The van der Waals surface area contributed by atoms with Crippen LogP contribution in [0.25, 0.3) is 11.4 Å². The van der Waals surface area contributed by atoms with Crippen molar-refractivity contribution in [3.8, 4) is 11.4 Å². The fourth-order valence-corrected chi connectivity index (χ4v) is 1.88. The standard InChI is InChI=1S/C13H16IN3/c1-10(2)7-8-17-9-15-13(16-17)11-3-5-12(14)6-4-11/h3-6,9-10H,7-8H2,1-2H3. The maximum absolute atomic E-state index is 4.49. The average molecular weight is 341 g/mol. The van der Waals surface area contributed by atoms with E-state index in [1.807, 2.05) is 11.0 Å². The van der Waals surface area contributed by atoms with Gasteiger partial charge in [0.25, 0.3) is 0 Å². The molecule has 2 rings (SSSR count). The molecule has 2 aromatic rings. The summed E-state index contributed by atoms with van der Waals surface area (Å²) >= 11 is 2.30. The lowest BCUT2D eigenvalue weighted by molar-refractivity contribution is 0.487. The van der Waals surface area contributed by atoms with Crippen molar-refractivity contribution in [3.05, 3.63) is 34.2 Å². The van der Waals surface area contributed by atoms with Crippen LogP contribution in [0.4, 0.5) is 0 Å². The van der Waals surface area contributed by atoms with E-state index in [4.69, 9.17) is 0 Å². The number of rotatable bonds is 4. The number of aryl methyl sites for hydroxylation is 1. The lowest BCUT2D eigenvalue weighted by Crippen LogP contribution is -2.01. The van der Waals surface area contributed by atoms with E-state index in [-0.39, 0.29) is 0 Å². The summed E-state index contributed by atoms with van der Waals surface area (Å²) in [4.78, 5) is 4.34. The maximum Gasteiger partial charge on any atom is 0.181 e. The highest BCUT2D eigenvalue weighted by Gasteiger charge is 2.04. The summed E-state index contributed by atoms with van der Waals surface area (Å²) in [5.74, 6) is 1.51. The van der Waals surface area contributed by atoms with Gasteiger partial charge in [-0.3, -0.25) is 4.68 Å². The van der Waals surface area contributed by atoms with E-state index in [1.54, 1.807) is 0 Å². The number of nitrogens with zero attached hydrogens (tertiary/aromatic N) is 3. The zero-order valence-electron chi connectivity index (χ0n) is 10.1. The molecule has 0 bridgehead atoms. The Bertz CT molecular complexity index is 474.